The number of esters is 1. The molecule has 2 aromatic rings. The zero-order valence-electron chi connectivity index (χ0n) is 14.3. The van der Waals surface area contributed by atoms with Gasteiger partial charge in [-0.2, -0.15) is 0 Å². The molecule has 126 valence electrons. The summed E-state index contributed by atoms with van der Waals surface area (Å²) in [5, 5.41) is 2.82. The van der Waals surface area contributed by atoms with E-state index in [2.05, 4.69) is 5.32 Å². The Morgan fingerprint density at radius 3 is 2.25 bits per heavy atom. The smallest absolute Gasteiger partial charge is 0.338 e. The van der Waals surface area contributed by atoms with Crippen molar-refractivity contribution in [2.24, 2.45) is 0 Å². The molecule has 0 aliphatic rings. The Balaban J connectivity index is 1.83. The molecular weight excluding hydrogens is 302 g/mol. The van der Waals surface area contributed by atoms with Gasteiger partial charge in [0.2, 0.25) is 0 Å². The van der Waals surface area contributed by atoms with Crippen molar-refractivity contribution in [2.75, 3.05) is 6.61 Å². The number of carbonyl (C=O) groups is 2. The van der Waals surface area contributed by atoms with Crippen LogP contribution in [0.15, 0.2) is 48.5 Å². The van der Waals surface area contributed by atoms with Gasteiger partial charge < -0.3 is 10.1 Å². The van der Waals surface area contributed by atoms with Crippen LogP contribution in [-0.4, -0.2) is 18.5 Å². The van der Waals surface area contributed by atoms with Crippen molar-refractivity contribution in [3.05, 3.63) is 70.8 Å². The molecule has 0 fully saturated rings. The molecule has 0 saturated heterocycles. The molecule has 0 heterocycles. The second kappa shape index (κ2) is 8.29. The highest BCUT2D eigenvalue weighted by molar-refractivity contribution is 5.91. The fraction of sp³-hybridized carbons (Fsp3) is 0.300. The summed E-state index contributed by atoms with van der Waals surface area (Å²) in [6, 6.07) is 15.0. The van der Waals surface area contributed by atoms with Crippen LogP contribution < -0.4 is 5.32 Å². The van der Waals surface area contributed by atoms with E-state index in [4.69, 9.17) is 4.74 Å². The highest BCUT2D eigenvalue weighted by Gasteiger charge is 2.13. The lowest BCUT2D eigenvalue weighted by atomic mass is 10.1. The SMILES string of the molecule is CCc1ccc(C(=O)OCC(=O)NC(C)c2ccc(C)cc2)cc1. The molecule has 0 bridgehead atoms. The number of amides is 1. The number of rotatable bonds is 6. The molecule has 0 saturated carbocycles. The van der Waals surface area contributed by atoms with Crippen molar-refractivity contribution >= 4 is 11.9 Å². The lowest BCUT2D eigenvalue weighted by molar-refractivity contribution is -0.124. The van der Waals surface area contributed by atoms with E-state index in [0.29, 0.717) is 5.56 Å². The maximum absolute atomic E-state index is 11.9. The van der Waals surface area contributed by atoms with Crippen molar-refractivity contribution in [2.45, 2.75) is 33.2 Å². The van der Waals surface area contributed by atoms with Gasteiger partial charge in [0.25, 0.3) is 5.91 Å². The largest absolute Gasteiger partial charge is 0.452 e. The Morgan fingerprint density at radius 2 is 1.67 bits per heavy atom. The number of carbonyl (C=O) groups excluding carboxylic acids is 2. The van der Waals surface area contributed by atoms with Gasteiger partial charge in [0.15, 0.2) is 6.61 Å². The second-order valence-corrected chi connectivity index (χ2v) is 5.83. The van der Waals surface area contributed by atoms with Crippen LogP contribution in [0, 0.1) is 6.92 Å². The Bertz CT molecular complexity index is 690. The van der Waals surface area contributed by atoms with Gasteiger partial charge in [-0.05, 0) is 43.5 Å². The molecule has 24 heavy (non-hydrogen) atoms. The van der Waals surface area contributed by atoms with Gasteiger partial charge in [-0.15, -0.1) is 0 Å². The molecule has 0 aromatic heterocycles. The first-order chi connectivity index (χ1) is 11.5. The minimum Gasteiger partial charge on any atom is -0.452 e. The summed E-state index contributed by atoms with van der Waals surface area (Å²) >= 11 is 0. The van der Waals surface area contributed by atoms with Crippen LogP contribution in [0.1, 0.15) is 46.9 Å². The summed E-state index contributed by atoms with van der Waals surface area (Å²) in [4.78, 5) is 23.9. The number of aryl methyl sites for hydroxylation is 2. The Kier molecular flexibility index (Phi) is 6.13. The first-order valence-corrected chi connectivity index (χ1v) is 8.11. The number of benzene rings is 2. The van der Waals surface area contributed by atoms with Gasteiger partial charge in [-0.3, -0.25) is 4.79 Å². The van der Waals surface area contributed by atoms with Crippen molar-refractivity contribution in [1.82, 2.24) is 5.32 Å². The molecule has 1 amide bonds. The maximum Gasteiger partial charge on any atom is 0.338 e. The molecule has 0 aliphatic carbocycles. The summed E-state index contributed by atoms with van der Waals surface area (Å²) in [5.41, 5.74) is 3.78. The Morgan fingerprint density at radius 1 is 1.04 bits per heavy atom. The standard InChI is InChI=1S/C20H23NO3/c1-4-16-7-11-18(12-8-16)20(23)24-13-19(22)21-15(3)17-9-5-14(2)6-10-17/h5-12,15H,4,13H2,1-3H3,(H,21,22). The number of nitrogens with one attached hydrogen (secondary N) is 1. The van der Waals surface area contributed by atoms with Crippen molar-refractivity contribution < 1.29 is 14.3 Å². The summed E-state index contributed by atoms with van der Waals surface area (Å²) < 4.78 is 5.07. The lowest BCUT2D eigenvalue weighted by Gasteiger charge is -2.14. The van der Waals surface area contributed by atoms with E-state index in [1.807, 2.05) is 57.2 Å². The monoisotopic (exact) mass is 325 g/mol. The number of hydrogen-bond donors (Lipinski definition) is 1. The van der Waals surface area contributed by atoms with E-state index in [1.165, 1.54) is 5.56 Å². The summed E-state index contributed by atoms with van der Waals surface area (Å²) in [6.07, 6.45) is 0.911. The summed E-state index contributed by atoms with van der Waals surface area (Å²) in [5.74, 6) is -0.808. The summed E-state index contributed by atoms with van der Waals surface area (Å²) in [6.45, 7) is 5.67. The topological polar surface area (TPSA) is 55.4 Å². The van der Waals surface area contributed by atoms with E-state index >= 15 is 0 Å². The van der Waals surface area contributed by atoms with Crippen LogP contribution in [-0.2, 0) is 16.0 Å². The third-order valence-electron chi connectivity index (χ3n) is 3.89. The molecular formula is C20H23NO3. The Hall–Kier alpha value is -2.62. The van der Waals surface area contributed by atoms with Crippen LogP contribution in [0.2, 0.25) is 0 Å². The minimum absolute atomic E-state index is 0.138. The van der Waals surface area contributed by atoms with Gasteiger partial charge in [-0.1, -0.05) is 48.9 Å². The molecule has 2 aromatic carbocycles. The third kappa shape index (κ3) is 4.95. The quantitative estimate of drug-likeness (QED) is 0.826. The van der Waals surface area contributed by atoms with Crippen LogP contribution >= 0.6 is 0 Å². The summed E-state index contributed by atoms with van der Waals surface area (Å²) in [7, 11) is 0. The highest BCUT2D eigenvalue weighted by atomic mass is 16.5. The van der Waals surface area contributed by atoms with Crippen LogP contribution in [0.5, 0.6) is 0 Å². The number of hydrogen-bond acceptors (Lipinski definition) is 3. The zero-order valence-corrected chi connectivity index (χ0v) is 14.3. The van der Waals surface area contributed by atoms with Gasteiger partial charge in [0.05, 0.1) is 11.6 Å². The van der Waals surface area contributed by atoms with E-state index in [9.17, 15) is 9.59 Å². The predicted molar refractivity (Wildman–Crippen MR) is 93.8 cm³/mol. The van der Waals surface area contributed by atoms with Gasteiger partial charge in [0.1, 0.15) is 0 Å². The fourth-order valence-electron chi connectivity index (χ4n) is 2.31. The van der Waals surface area contributed by atoms with Gasteiger partial charge in [0, 0.05) is 0 Å². The van der Waals surface area contributed by atoms with Crippen molar-refractivity contribution in [3.63, 3.8) is 0 Å². The van der Waals surface area contributed by atoms with E-state index in [-0.39, 0.29) is 18.6 Å². The molecule has 0 radical (unpaired) electrons. The number of ether oxygens (including phenoxy) is 1. The van der Waals surface area contributed by atoms with Crippen LogP contribution in [0.4, 0.5) is 0 Å². The zero-order chi connectivity index (χ0) is 17.5. The first-order valence-electron chi connectivity index (χ1n) is 8.11. The average Bonchev–Trinajstić information content (AvgIpc) is 2.60. The first kappa shape index (κ1) is 17.7. The van der Waals surface area contributed by atoms with Crippen LogP contribution in [0.3, 0.4) is 0 Å². The van der Waals surface area contributed by atoms with E-state index in [0.717, 1.165) is 17.5 Å². The molecule has 4 nitrogen and oxygen atoms in total. The molecule has 2 rings (SSSR count). The van der Waals surface area contributed by atoms with Crippen molar-refractivity contribution in [1.29, 1.82) is 0 Å². The minimum atomic E-state index is -0.490. The highest BCUT2D eigenvalue weighted by Crippen LogP contribution is 2.13. The van der Waals surface area contributed by atoms with Gasteiger partial charge >= 0.3 is 5.97 Å². The van der Waals surface area contributed by atoms with Gasteiger partial charge in [-0.25, -0.2) is 4.79 Å². The maximum atomic E-state index is 11.9. The average molecular weight is 325 g/mol. The normalized spacial score (nSPS) is 11.6. The predicted octanol–water partition coefficient (Wildman–Crippen LogP) is 3.59. The van der Waals surface area contributed by atoms with Crippen LogP contribution in [0.25, 0.3) is 0 Å². The molecule has 1 unspecified atom stereocenters. The van der Waals surface area contributed by atoms with Crippen molar-refractivity contribution in [3.8, 4) is 0 Å². The third-order valence-corrected chi connectivity index (χ3v) is 3.89. The molecule has 0 spiro atoms. The second-order valence-electron chi connectivity index (χ2n) is 5.83. The molecule has 0 aliphatic heterocycles. The Labute approximate surface area is 142 Å². The fourth-order valence-corrected chi connectivity index (χ4v) is 2.31. The molecule has 1 atom stereocenters. The molecule has 4 heteroatoms. The van der Waals surface area contributed by atoms with E-state index < -0.39 is 5.97 Å². The molecule has 1 N–H and O–H groups in total. The lowest BCUT2D eigenvalue weighted by Crippen LogP contribution is -2.31. The van der Waals surface area contributed by atoms with E-state index in [1.54, 1.807) is 12.1 Å².